The molecule has 6 heteroatoms. The van der Waals surface area contributed by atoms with E-state index in [9.17, 15) is 9.59 Å². The summed E-state index contributed by atoms with van der Waals surface area (Å²) in [6.07, 6.45) is 2.93. The fourth-order valence-electron chi connectivity index (χ4n) is 1.65. The van der Waals surface area contributed by atoms with Crippen LogP contribution in [0.25, 0.3) is 6.08 Å². The predicted octanol–water partition coefficient (Wildman–Crippen LogP) is 3.91. The monoisotopic (exact) mass is 335 g/mol. The van der Waals surface area contributed by atoms with Crippen LogP contribution in [-0.2, 0) is 14.3 Å². The van der Waals surface area contributed by atoms with Crippen molar-refractivity contribution in [1.82, 2.24) is 0 Å². The maximum Gasteiger partial charge on any atom is 0.331 e. The fourth-order valence-corrected chi connectivity index (χ4v) is 2.45. The van der Waals surface area contributed by atoms with E-state index in [1.807, 2.05) is 16.8 Å². The first kappa shape index (κ1) is 16.3. The molecule has 2 aromatic rings. The average Bonchev–Trinajstić information content (AvgIpc) is 3.01. The molecular weight excluding hydrogens is 322 g/mol. The molecule has 1 heterocycles. The standard InChI is InChI=1S/C16H14ClNO3S/c1-11-13(17)3-2-4-14(11)18-15(19)9-21-16(20)6-5-12-7-8-22-10-12/h2-8,10H,9H2,1H3,(H,18,19)/b6-5+. The maximum atomic E-state index is 11.8. The van der Waals surface area contributed by atoms with Crippen LogP contribution in [0.2, 0.25) is 5.02 Å². The van der Waals surface area contributed by atoms with E-state index in [2.05, 4.69) is 5.32 Å². The van der Waals surface area contributed by atoms with Crippen LogP contribution in [0.15, 0.2) is 41.1 Å². The Morgan fingerprint density at radius 3 is 2.91 bits per heavy atom. The van der Waals surface area contributed by atoms with E-state index in [1.54, 1.807) is 31.2 Å². The van der Waals surface area contributed by atoms with Crippen molar-refractivity contribution in [3.05, 3.63) is 57.3 Å². The zero-order valence-corrected chi connectivity index (χ0v) is 13.4. The van der Waals surface area contributed by atoms with Gasteiger partial charge in [0.2, 0.25) is 0 Å². The van der Waals surface area contributed by atoms with E-state index < -0.39 is 11.9 Å². The highest BCUT2D eigenvalue weighted by molar-refractivity contribution is 7.08. The summed E-state index contributed by atoms with van der Waals surface area (Å²) in [6.45, 7) is 1.45. The second-order valence-corrected chi connectivity index (χ2v) is 5.65. The number of nitrogens with one attached hydrogen (secondary N) is 1. The maximum absolute atomic E-state index is 11.8. The molecule has 114 valence electrons. The first-order valence-electron chi connectivity index (χ1n) is 6.48. The molecule has 0 saturated carbocycles. The van der Waals surface area contributed by atoms with Gasteiger partial charge in [0.1, 0.15) is 0 Å². The van der Waals surface area contributed by atoms with E-state index in [0.717, 1.165) is 11.1 Å². The van der Waals surface area contributed by atoms with Crippen molar-refractivity contribution in [3.8, 4) is 0 Å². The van der Waals surface area contributed by atoms with Crippen molar-refractivity contribution in [3.63, 3.8) is 0 Å². The molecule has 0 aliphatic carbocycles. The van der Waals surface area contributed by atoms with Gasteiger partial charge in [0.05, 0.1) is 0 Å². The first-order valence-corrected chi connectivity index (χ1v) is 7.80. The van der Waals surface area contributed by atoms with Gasteiger partial charge in [-0.25, -0.2) is 4.79 Å². The van der Waals surface area contributed by atoms with Crippen LogP contribution in [0.3, 0.4) is 0 Å². The number of esters is 1. The molecule has 2 rings (SSSR count). The Kier molecular flexibility index (Phi) is 5.75. The van der Waals surface area contributed by atoms with Crippen molar-refractivity contribution in [2.75, 3.05) is 11.9 Å². The second-order valence-electron chi connectivity index (χ2n) is 4.46. The molecular formula is C16H14ClNO3S. The number of amides is 1. The minimum Gasteiger partial charge on any atom is -0.452 e. The summed E-state index contributed by atoms with van der Waals surface area (Å²) in [5.41, 5.74) is 2.28. The highest BCUT2D eigenvalue weighted by Crippen LogP contribution is 2.22. The van der Waals surface area contributed by atoms with Gasteiger partial charge in [-0.1, -0.05) is 17.7 Å². The Hall–Kier alpha value is -2.11. The molecule has 0 atom stereocenters. The predicted molar refractivity (Wildman–Crippen MR) is 89.1 cm³/mol. The Labute approximate surface area is 137 Å². The molecule has 1 N–H and O–H groups in total. The molecule has 0 aliphatic heterocycles. The van der Waals surface area contributed by atoms with Crippen molar-refractivity contribution in [2.24, 2.45) is 0 Å². The Morgan fingerprint density at radius 1 is 1.36 bits per heavy atom. The van der Waals surface area contributed by atoms with Gasteiger partial charge >= 0.3 is 5.97 Å². The number of hydrogen-bond acceptors (Lipinski definition) is 4. The average molecular weight is 336 g/mol. The lowest BCUT2D eigenvalue weighted by Crippen LogP contribution is -2.20. The van der Waals surface area contributed by atoms with Gasteiger partial charge in [0, 0.05) is 16.8 Å². The molecule has 0 spiro atoms. The van der Waals surface area contributed by atoms with Gasteiger partial charge in [-0.15, -0.1) is 0 Å². The number of benzene rings is 1. The lowest BCUT2D eigenvalue weighted by Gasteiger charge is -2.09. The fraction of sp³-hybridized carbons (Fsp3) is 0.125. The lowest BCUT2D eigenvalue weighted by molar-refractivity contribution is -0.142. The van der Waals surface area contributed by atoms with Crippen molar-refractivity contribution in [2.45, 2.75) is 6.92 Å². The number of halogens is 1. The summed E-state index contributed by atoms with van der Waals surface area (Å²) in [4.78, 5) is 23.3. The summed E-state index contributed by atoms with van der Waals surface area (Å²) in [5, 5.41) is 7.03. The molecule has 0 fully saturated rings. The Balaban J connectivity index is 1.82. The van der Waals surface area contributed by atoms with E-state index in [4.69, 9.17) is 16.3 Å². The molecule has 0 saturated heterocycles. The van der Waals surface area contributed by atoms with Crippen molar-refractivity contribution >= 4 is 46.6 Å². The van der Waals surface area contributed by atoms with E-state index in [-0.39, 0.29) is 6.61 Å². The van der Waals surface area contributed by atoms with Gasteiger partial charge in [0.15, 0.2) is 6.61 Å². The molecule has 0 unspecified atom stereocenters. The zero-order valence-electron chi connectivity index (χ0n) is 11.8. The Morgan fingerprint density at radius 2 is 2.18 bits per heavy atom. The summed E-state index contributed by atoms with van der Waals surface area (Å²) >= 11 is 7.50. The van der Waals surface area contributed by atoms with Crippen LogP contribution in [0.1, 0.15) is 11.1 Å². The quantitative estimate of drug-likeness (QED) is 0.666. The third-order valence-corrected chi connectivity index (χ3v) is 3.95. The number of ether oxygens (including phenoxy) is 1. The Bertz CT molecular complexity index is 695. The zero-order chi connectivity index (χ0) is 15.9. The number of thiophene rings is 1. The van der Waals surface area contributed by atoms with E-state index in [0.29, 0.717) is 10.7 Å². The van der Waals surface area contributed by atoms with Gasteiger partial charge < -0.3 is 10.1 Å². The number of anilines is 1. The van der Waals surface area contributed by atoms with E-state index >= 15 is 0 Å². The summed E-state index contributed by atoms with van der Waals surface area (Å²) in [6, 6.07) is 7.09. The smallest absolute Gasteiger partial charge is 0.331 e. The number of hydrogen-bond donors (Lipinski definition) is 1. The van der Waals surface area contributed by atoms with Crippen molar-refractivity contribution in [1.29, 1.82) is 0 Å². The lowest BCUT2D eigenvalue weighted by atomic mass is 10.2. The van der Waals surface area contributed by atoms with Gasteiger partial charge in [-0.2, -0.15) is 11.3 Å². The minimum atomic E-state index is -0.566. The van der Waals surface area contributed by atoms with Crippen LogP contribution in [0, 0.1) is 6.92 Å². The second kappa shape index (κ2) is 7.77. The molecule has 0 aliphatic rings. The van der Waals surface area contributed by atoms with Crippen LogP contribution in [-0.4, -0.2) is 18.5 Å². The largest absolute Gasteiger partial charge is 0.452 e. The number of rotatable bonds is 5. The van der Waals surface area contributed by atoms with Gasteiger partial charge in [0.25, 0.3) is 5.91 Å². The first-order chi connectivity index (χ1) is 10.6. The summed E-state index contributed by atoms with van der Waals surface area (Å²) in [5.74, 6) is -0.980. The third kappa shape index (κ3) is 4.72. The minimum absolute atomic E-state index is 0.348. The third-order valence-electron chi connectivity index (χ3n) is 2.84. The molecule has 1 aromatic carbocycles. The number of carbonyl (C=O) groups excluding carboxylic acids is 2. The summed E-state index contributed by atoms with van der Waals surface area (Å²) in [7, 11) is 0. The topological polar surface area (TPSA) is 55.4 Å². The highest BCUT2D eigenvalue weighted by Gasteiger charge is 2.08. The molecule has 22 heavy (non-hydrogen) atoms. The van der Waals surface area contributed by atoms with Crippen molar-refractivity contribution < 1.29 is 14.3 Å². The molecule has 4 nitrogen and oxygen atoms in total. The van der Waals surface area contributed by atoms with Crippen LogP contribution < -0.4 is 5.32 Å². The normalized spacial score (nSPS) is 10.6. The number of carbonyl (C=O) groups is 2. The van der Waals surface area contributed by atoms with E-state index in [1.165, 1.54) is 17.4 Å². The van der Waals surface area contributed by atoms with Gasteiger partial charge in [-0.3, -0.25) is 4.79 Å². The highest BCUT2D eigenvalue weighted by atomic mass is 35.5. The molecule has 1 amide bonds. The van der Waals surface area contributed by atoms with Gasteiger partial charge in [-0.05, 0) is 53.1 Å². The molecule has 1 aromatic heterocycles. The van der Waals surface area contributed by atoms with Crippen LogP contribution in [0.5, 0.6) is 0 Å². The van der Waals surface area contributed by atoms with Crippen LogP contribution in [0.4, 0.5) is 5.69 Å². The molecule has 0 bridgehead atoms. The summed E-state index contributed by atoms with van der Waals surface area (Å²) < 4.78 is 4.88. The molecule has 0 radical (unpaired) electrons. The SMILES string of the molecule is Cc1c(Cl)cccc1NC(=O)COC(=O)/C=C/c1ccsc1. The van der Waals surface area contributed by atoms with Crippen LogP contribution >= 0.6 is 22.9 Å².